The molecule has 1 fully saturated rings. The second kappa shape index (κ2) is 5.62. The lowest BCUT2D eigenvalue weighted by atomic mass is 9.66. The maximum atomic E-state index is 12.8. The number of benzene rings is 1. The fraction of sp³-hybridized carbons (Fsp3) is 0.467. The molecule has 0 bridgehead atoms. The molecule has 2 N–H and O–H groups in total. The van der Waals surface area contributed by atoms with Crippen LogP contribution in [0.5, 0.6) is 0 Å². The van der Waals surface area contributed by atoms with Crippen LogP contribution in [0.2, 0.25) is 0 Å². The zero-order valence-corrected chi connectivity index (χ0v) is 12.0. The van der Waals surface area contributed by atoms with E-state index in [9.17, 15) is 27.9 Å². The van der Waals surface area contributed by atoms with Crippen molar-refractivity contribution < 1.29 is 27.9 Å². The third kappa shape index (κ3) is 3.08. The van der Waals surface area contributed by atoms with Crippen LogP contribution in [0.4, 0.5) is 18.9 Å². The predicted octanol–water partition coefficient (Wildman–Crippen LogP) is 3.60. The molecule has 4 nitrogen and oxygen atoms in total. The minimum Gasteiger partial charge on any atom is -0.481 e. The van der Waals surface area contributed by atoms with Gasteiger partial charge in [0.2, 0.25) is 5.91 Å². The topological polar surface area (TPSA) is 66.4 Å². The van der Waals surface area contributed by atoms with E-state index in [4.69, 9.17) is 0 Å². The van der Waals surface area contributed by atoms with Gasteiger partial charge in [-0.25, -0.2) is 0 Å². The van der Waals surface area contributed by atoms with E-state index in [-0.39, 0.29) is 17.7 Å². The van der Waals surface area contributed by atoms with Gasteiger partial charge in [-0.15, -0.1) is 0 Å². The van der Waals surface area contributed by atoms with Crippen molar-refractivity contribution in [2.75, 3.05) is 5.32 Å². The lowest BCUT2D eigenvalue weighted by Gasteiger charge is -2.37. The Kier molecular flexibility index (Phi) is 4.17. The number of amides is 1. The number of nitrogens with one attached hydrogen (secondary N) is 1. The zero-order chi connectivity index (χ0) is 16.5. The molecule has 1 aliphatic carbocycles. The SMILES string of the molecule is Cc1c(NC(=O)CC2(C(=O)O)CCC2)cccc1C(F)(F)F. The van der Waals surface area contributed by atoms with Gasteiger partial charge in [0.15, 0.2) is 0 Å². The summed E-state index contributed by atoms with van der Waals surface area (Å²) < 4.78 is 38.4. The molecule has 1 saturated carbocycles. The molecular weight excluding hydrogens is 299 g/mol. The van der Waals surface area contributed by atoms with Gasteiger partial charge in [-0.1, -0.05) is 12.5 Å². The van der Waals surface area contributed by atoms with Crippen LogP contribution in [0.3, 0.4) is 0 Å². The van der Waals surface area contributed by atoms with Crippen molar-refractivity contribution in [2.45, 2.75) is 38.8 Å². The first-order valence-corrected chi connectivity index (χ1v) is 6.86. The summed E-state index contributed by atoms with van der Waals surface area (Å²) in [4.78, 5) is 23.2. The summed E-state index contributed by atoms with van der Waals surface area (Å²) in [5.74, 6) is -1.61. The average Bonchev–Trinajstić information content (AvgIpc) is 2.34. The standard InChI is InChI=1S/C15H16F3NO3/c1-9-10(15(16,17)18)4-2-5-11(9)19-12(20)8-14(13(21)22)6-3-7-14/h2,4-5H,3,6-8H2,1H3,(H,19,20)(H,21,22). The van der Waals surface area contributed by atoms with Crippen LogP contribution < -0.4 is 5.32 Å². The molecule has 0 aromatic heterocycles. The Morgan fingerprint density at radius 1 is 1.32 bits per heavy atom. The van der Waals surface area contributed by atoms with Crippen LogP contribution in [0.15, 0.2) is 18.2 Å². The Morgan fingerprint density at radius 3 is 2.41 bits per heavy atom. The summed E-state index contributed by atoms with van der Waals surface area (Å²) in [7, 11) is 0. The molecule has 22 heavy (non-hydrogen) atoms. The fourth-order valence-corrected chi connectivity index (χ4v) is 2.65. The summed E-state index contributed by atoms with van der Waals surface area (Å²) in [6, 6.07) is 3.52. The molecule has 7 heteroatoms. The van der Waals surface area contributed by atoms with E-state index in [0.717, 1.165) is 12.5 Å². The van der Waals surface area contributed by atoms with E-state index >= 15 is 0 Å². The number of anilines is 1. The van der Waals surface area contributed by atoms with E-state index in [1.165, 1.54) is 19.1 Å². The third-order valence-corrected chi connectivity index (χ3v) is 4.18. The zero-order valence-electron chi connectivity index (χ0n) is 12.0. The van der Waals surface area contributed by atoms with Crippen LogP contribution in [-0.2, 0) is 15.8 Å². The van der Waals surface area contributed by atoms with Crippen molar-refractivity contribution in [3.05, 3.63) is 29.3 Å². The lowest BCUT2D eigenvalue weighted by molar-refractivity contribution is -0.157. The number of aliphatic carboxylic acids is 1. The summed E-state index contributed by atoms with van der Waals surface area (Å²) >= 11 is 0. The molecule has 0 spiro atoms. The van der Waals surface area contributed by atoms with E-state index in [1.54, 1.807) is 0 Å². The molecule has 0 unspecified atom stereocenters. The molecule has 0 radical (unpaired) electrons. The Balaban J connectivity index is 2.14. The lowest BCUT2D eigenvalue weighted by Crippen LogP contribution is -2.41. The molecule has 1 aromatic carbocycles. The molecule has 1 aliphatic rings. The first-order chi connectivity index (χ1) is 10.2. The highest BCUT2D eigenvalue weighted by molar-refractivity contribution is 5.95. The molecule has 1 aromatic rings. The van der Waals surface area contributed by atoms with Crippen LogP contribution in [0, 0.1) is 12.3 Å². The molecule has 0 atom stereocenters. The van der Waals surface area contributed by atoms with E-state index < -0.39 is 29.0 Å². The van der Waals surface area contributed by atoms with Gasteiger partial charge in [-0.05, 0) is 37.5 Å². The Morgan fingerprint density at radius 2 is 1.95 bits per heavy atom. The largest absolute Gasteiger partial charge is 0.481 e. The number of carbonyl (C=O) groups excluding carboxylic acids is 1. The number of rotatable bonds is 4. The summed E-state index contributed by atoms with van der Waals surface area (Å²) in [5, 5.41) is 11.6. The molecular formula is C15H16F3NO3. The molecule has 0 saturated heterocycles. The molecule has 1 amide bonds. The first-order valence-electron chi connectivity index (χ1n) is 6.86. The monoisotopic (exact) mass is 315 g/mol. The molecule has 120 valence electrons. The average molecular weight is 315 g/mol. The van der Waals surface area contributed by atoms with E-state index in [1.807, 2.05) is 0 Å². The Labute approximate surface area is 125 Å². The van der Waals surface area contributed by atoms with Crippen molar-refractivity contribution in [1.82, 2.24) is 0 Å². The van der Waals surface area contributed by atoms with Crippen LogP contribution >= 0.6 is 0 Å². The van der Waals surface area contributed by atoms with Gasteiger partial charge in [0.05, 0.1) is 11.0 Å². The normalized spacial score (nSPS) is 16.7. The number of carboxylic acid groups (broad SMARTS) is 1. The first kappa shape index (κ1) is 16.3. The molecule has 0 aliphatic heterocycles. The number of alkyl halides is 3. The van der Waals surface area contributed by atoms with Crippen molar-refractivity contribution >= 4 is 17.6 Å². The maximum absolute atomic E-state index is 12.8. The smallest absolute Gasteiger partial charge is 0.416 e. The second-order valence-electron chi connectivity index (χ2n) is 5.64. The van der Waals surface area contributed by atoms with Crippen LogP contribution in [-0.4, -0.2) is 17.0 Å². The van der Waals surface area contributed by atoms with Gasteiger partial charge in [0, 0.05) is 12.1 Å². The van der Waals surface area contributed by atoms with E-state index in [0.29, 0.717) is 12.8 Å². The van der Waals surface area contributed by atoms with Gasteiger partial charge in [0.25, 0.3) is 0 Å². The number of hydrogen-bond donors (Lipinski definition) is 2. The second-order valence-corrected chi connectivity index (χ2v) is 5.64. The summed E-state index contributed by atoms with van der Waals surface area (Å²) in [6.07, 6.45) is -3.16. The fourth-order valence-electron chi connectivity index (χ4n) is 2.65. The highest BCUT2D eigenvalue weighted by Gasteiger charge is 2.46. The van der Waals surface area contributed by atoms with Gasteiger partial charge < -0.3 is 10.4 Å². The maximum Gasteiger partial charge on any atom is 0.416 e. The Bertz CT molecular complexity index is 607. The highest BCUT2D eigenvalue weighted by Crippen LogP contribution is 2.44. The van der Waals surface area contributed by atoms with Gasteiger partial charge in [0.1, 0.15) is 0 Å². The van der Waals surface area contributed by atoms with Gasteiger partial charge >= 0.3 is 12.1 Å². The minimum atomic E-state index is -4.50. The van der Waals surface area contributed by atoms with Crippen LogP contribution in [0.1, 0.15) is 36.8 Å². The summed E-state index contributed by atoms with van der Waals surface area (Å²) in [6.45, 7) is 1.27. The Hall–Kier alpha value is -2.05. The van der Waals surface area contributed by atoms with Gasteiger partial charge in [-0.2, -0.15) is 13.2 Å². The minimum absolute atomic E-state index is 0.0553. The summed E-state index contributed by atoms with van der Waals surface area (Å²) in [5.41, 5.74) is -1.91. The molecule has 2 rings (SSSR count). The highest BCUT2D eigenvalue weighted by atomic mass is 19.4. The third-order valence-electron chi connectivity index (χ3n) is 4.18. The number of carboxylic acids is 1. The molecule has 0 heterocycles. The van der Waals surface area contributed by atoms with Crippen molar-refractivity contribution in [1.29, 1.82) is 0 Å². The van der Waals surface area contributed by atoms with Crippen molar-refractivity contribution in [3.8, 4) is 0 Å². The van der Waals surface area contributed by atoms with Gasteiger partial charge in [-0.3, -0.25) is 9.59 Å². The predicted molar refractivity (Wildman–Crippen MR) is 73.3 cm³/mol. The van der Waals surface area contributed by atoms with E-state index in [2.05, 4.69) is 5.32 Å². The quantitative estimate of drug-likeness (QED) is 0.892. The number of halogens is 3. The number of carbonyl (C=O) groups is 2. The van der Waals surface area contributed by atoms with Crippen LogP contribution in [0.25, 0.3) is 0 Å². The van der Waals surface area contributed by atoms with Crippen molar-refractivity contribution in [3.63, 3.8) is 0 Å². The van der Waals surface area contributed by atoms with Crippen molar-refractivity contribution in [2.24, 2.45) is 5.41 Å². The number of hydrogen-bond acceptors (Lipinski definition) is 2.